The van der Waals surface area contributed by atoms with E-state index in [1.165, 1.54) is 63.5 Å². The SMILES string of the molecule is NCc1cccc(-n2c3ccccc3c3c4ccc5ccc6sc7ccccc7c6c5c4ccc32)c1. The molecule has 170 valence electrons. The topological polar surface area (TPSA) is 30.9 Å². The Morgan fingerprint density at radius 3 is 2.25 bits per heavy atom. The lowest BCUT2D eigenvalue weighted by atomic mass is 9.95. The predicted molar refractivity (Wildman–Crippen MR) is 157 cm³/mol. The fourth-order valence-electron chi connectivity index (χ4n) is 6.01. The summed E-state index contributed by atoms with van der Waals surface area (Å²) in [5, 5.41) is 10.6. The second-order valence-electron chi connectivity index (χ2n) is 9.48. The molecular formula is C33H22N2S. The first kappa shape index (κ1) is 20.1. The van der Waals surface area contributed by atoms with Crippen molar-refractivity contribution in [2.75, 3.05) is 0 Å². The molecule has 0 spiro atoms. The van der Waals surface area contributed by atoms with Crippen LogP contribution in [0, 0.1) is 0 Å². The summed E-state index contributed by atoms with van der Waals surface area (Å²) in [4.78, 5) is 0. The predicted octanol–water partition coefficient (Wildman–Crippen LogP) is 8.92. The van der Waals surface area contributed by atoms with Gasteiger partial charge in [-0.25, -0.2) is 0 Å². The molecule has 8 rings (SSSR count). The van der Waals surface area contributed by atoms with E-state index in [1.807, 2.05) is 11.3 Å². The third kappa shape index (κ3) is 2.64. The van der Waals surface area contributed by atoms with E-state index in [-0.39, 0.29) is 0 Å². The third-order valence-corrected chi connectivity index (χ3v) is 8.69. The van der Waals surface area contributed by atoms with Crippen LogP contribution in [-0.2, 0) is 6.54 Å². The van der Waals surface area contributed by atoms with Crippen LogP contribution in [0.5, 0.6) is 0 Å². The van der Waals surface area contributed by atoms with Crippen LogP contribution in [0.3, 0.4) is 0 Å². The molecule has 0 saturated heterocycles. The van der Waals surface area contributed by atoms with Gasteiger partial charge in [0.15, 0.2) is 0 Å². The molecule has 0 bridgehead atoms. The van der Waals surface area contributed by atoms with Gasteiger partial charge in [-0.15, -0.1) is 11.3 Å². The van der Waals surface area contributed by atoms with Gasteiger partial charge in [0, 0.05) is 43.2 Å². The maximum absolute atomic E-state index is 5.99. The minimum absolute atomic E-state index is 0.532. The van der Waals surface area contributed by atoms with Crippen molar-refractivity contribution >= 4 is 74.9 Å². The van der Waals surface area contributed by atoms with Gasteiger partial charge in [0.2, 0.25) is 0 Å². The smallest absolute Gasteiger partial charge is 0.0547 e. The van der Waals surface area contributed by atoms with Crippen molar-refractivity contribution in [1.29, 1.82) is 0 Å². The van der Waals surface area contributed by atoms with E-state index in [0.717, 1.165) is 11.3 Å². The molecule has 0 aliphatic rings. The average Bonchev–Trinajstić information content (AvgIpc) is 3.48. The molecule has 0 aliphatic heterocycles. The molecule has 8 aromatic rings. The highest BCUT2D eigenvalue weighted by molar-refractivity contribution is 7.26. The summed E-state index contributed by atoms with van der Waals surface area (Å²) >= 11 is 1.88. The van der Waals surface area contributed by atoms with Crippen molar-refractivity contribution in [3.05, 3.63) is 115 Å². The summed E-state index contributed by atoms with van der Waals surface area (Å²) in [6.45, 7) is 0.532. The summed E-state index contributed by atoms with van der Waals surface area (Å²) in [5.74, 6) is 0. The maximum atomic E-state index is 5.99. The lowest BCUT2D eigenvalue weighted by Crippen LogP contribution is -1.99. The van der Waals surface area contributed by atoms with E-state index in [1.54, 1.807) is 0 Å². The van der Waals surface area contributed by atoms with E-state index in [0.29, 0.717) is 6.54 Å². The van der Waals surface area contributed by atoms with Crippen molar-refractivity contribution < 1.29 is 0 Å². The Morgan fingerprint density at radius 2 is 1.33 bits per heavy atom. The molecule has 36 heavy (non-hydrogen) atoms. The number of para-hydroxylation sites is 1. The van der Waals surface area contributed by atoms with Crippen molar-refractivity contribution in [1.82, 2.24) is 4.57 Å². The number of nitrogens with two attached hydrogens (primary N) is 1. The summed E-state index contributed by atoms with van der Waals surface area (Å²) in [6, 6.07) is 39.9. The Balaban J connectivity index is 1.58. The van der Waals surface area contributed by atoms with Gasteiger partial charge in [-0.2, -0.15) is 0 Å². The Bertz CT molecular complexity index is 2150. The van der Waals surface area contributed by atoms with Crippen LogP contribution in [0.25, 0.3) is 69.2 Å². The minimum Gasteiger partial charge on any atom is -0.326 e. The van der Waals surface area contributed by atoms with Crippen LogP contribution in [0.2, 0.25) is 0 Å². The van der Waals surface area contributed by atoms with Crippen molar-refractivity contribution in [3.63, 3.8) is 0 Å². The molecule has 2 nitrogen and oxygen atoms in total. The van der Waals surface area contributed by atoms with Crippen molar-refractivity contribution in [2.45, 2.75) is 6.54 Å². The van der Waals surface area contributed by atoms with E-state index in [4.69, 9.17) is 5.73 Å². The Labute approximate surface area is 211 Å². The zero-order chi connectivity index (χ0) is 23.8. The quantitative estimate of drug-likeness (QED) is 0.247. The number of hydrogen-bond donors (Lipinski definition) is 1. The first-order valence-electron chi connectivity index (χ1n) is 12.3. The average molecular weight is 479 g/mol. The van der Waals surface area contributed by atoms with E-state index in [2.05, 4.69) is 114 Å². The highest BCUT2D eigenvalue weighted by Gasteiger charge is 2.17. The molecule has 2 heterocycles. The van der Waals surface area contributed by atoms with E-state index < -0.39 is 0 Å². The number of fused-ring (bicyclic) bond motifs is 11. The number of thiophene rings is 1. The van der Waals surface area contributed by atoms with Gasteiger partial charge in [-0.05, 0) is 63.5 Å². The second kappa shape index (κ2) is 7.41. The zero-order valence-electron chi connectivity index (χ0n) is 19.5. The number of hydrogen-bond acceptors (Lipinski definition) is 2. The first-order chi connectivity index (χ1) is 17.8. The standard InChI is InChI=1S/C33H22N2S/c34-19-20-6-5-7-22(18-20)35-27-10-3-1-8-25(27)32-24-14-12-21-13-17-30-33(26-9-2-4-11-29(26)36-30)31(21)23(24)15-16-28(32)35/h1-18H,19,34H2. The van der Waals surface area contributed by atoms with Gasteiger partial charge >= 0.3 is 0 Å². The van der Waals surface area contributed by atoms with Gasteiger partial charge in [0.25, 0.3) is 0 Å². The maximum Gasteiger partial charge on any atom is 0.0547 e. The Kier molecular flexibility index (Phi) is 4.13. The molecule has 0 amide bonds. The number of nitrogens with zero attached hydrogens (tertiary/aromatic N) is 1. The molecule has 2 aromatic heterocycles. The monoisotopic (exact) mass is 478 g/mol. The lowest BCUT2D eigenvalue weighted by molar-refractivity contribution is 1.06. The van der Waals surface area contributed by atoms with Gasteiger partial charge < -0.3 is 10.3 Å². The molecule has 0 unspecified atom stereocenters. The van der Waals surface area contributed by atoms with Gasteiger partial charge in [0.1, 0.15) is 0 Å². The van der Waals surface area contributed by atoms with Gasteiger partial charge in [-0.1, -0.05) is 72.8 Å². The summed E-state index contributed by atoms with van der Waals surface area (Å²) in [6.07, 6.45) is 0. The summed E-state index contributed by atoms with van der Waals surface area (Å²) in [5.41, 5.74) is 10.7. The Morgan fingerprint density at radius 1 is 0.556 bits per heavy atom. The van der Waals surface area contributed by atoms with E-state index >= 15 is 0 Å². The second-order valence-corrected chi connectivity index (χ2v) is 10.6. The van der Waals surface area contributed by atoms with Crippen molar-refractivity contribution in [3.8, 4) is 5.69 Å². The fraction of sp³-hybridized carbons (Fsp3) is 0.0303. The van der Waals surface area contributed by atoms with Gasteiger partial charge in [0.05, 0.1) is 11.0 Å². The molecule has 3 heteroatoms. The molecule has 0 saturated carbocycles. The van der Waals surface area contributed by atoms with E-state index in [9.17, 15) is 0 Å². The van der Waals surface area contributed by atoms with Crippen molar-refractivity contribution in [2.24, 2.45) is 5.73 Å². The molecule has 0 atom stereocenters. The van der Waals surface area contributed by atoms with Crippen LogP contribution in [-0.4, -0.2) is 4.57 Å². The van der Waals surface area contributed by atoms with Crippen LogP contribution in [0.15, 0.2) is 109 Å². The molecule has 0 aliphatic carbocycles. The highest BCUT2D eigenvalue weighted by atomic mass is 32.1. The number of rotatable bonds is 2. The van der Waals surface area contributed by atoms with Crippen LogP contribution in [0.1, 0.15) is 5.56 Å². The number of benzene rings is 6. The molecule has 2 N–H and O–H groups in total. The fourth-order valence-corrected chi connectivity index (χ4v) is 7.13. The van der Waals surface area contributed by atoms with Crippen LogP contribution >= 0.6 is 11.3 Å². The zero-order valence-corrected chi connectivity index (χ0v) is 20.3. The molecule has 0 fully saturated rings. The highest BCUT2D eigenvalue weighted by Crippen LogP contribution is 2.44. The number of aromatic nitrogens is 1. The third-order valence-electron chi connectivity index (χ3n) is 7.56. The lowest BCUT2D eigenvalue weighted by Gasteiger charge is -2.11. The normalized spacial score (nSPS) is 12.1. The molecular weight excluding hydrogens is 456 g/mol. The first-order valence-corrected chi connectivity index (χ1v) is 13.1. The van der Waals surface area contributed by atoms with Gasteiger partial charge in [-0.3, -0.25) is 0 Å². The van der Waals surface area contributed by atoms with Crippen LogP contribution in [0.4, 0.5) is 0 Å². The summed E-state index contributed by atoms with van der Waals surface area (Å²) < 4.78 is 5.07. The van der Waals surface area contributed by atoms with Crippen LogP contribution < -0.4 is 5.73 Å². The minimum atomic E-state index is 0.532. The largest absolute Gasteiger partial charge is 0.326 e. The summed E-state index contributed by atoms with van der Waals surface area (Å²) in [7, 11) is 0. The molecule has 0 radical (unpaired) electrons. The molecule has 6 aromatic carbocycles. The Hall–Kier alpha value is -4.18.